The molecule has 1 saturated carbocycles. The van der Waals surface area contributed by atoms with Gasteiger partial charge in [-0.05, 0) is 80.5 Å². The van der Waals surface area contributed by atoms with E-state index in [4.69, 9.17) is 4.74 Å². The minimum atomic E-state index is -4.10. The lowest BCUT2D eigenvalue weighted by molar-refractivity contribution is 0.130. The number of rotatable bonds is 12. The lowest BCUT2D eigenvalue weighted by Gasteiger charge is -2.28. The topological polar surface area (TPSA) is 92.8 Å². The summed E-state index contributed by atoms with van der Waals surface area (Å²) in [4.78, 5) is 12.9. The summed E-state index contributed by atoms with van der Waals surface area (Å²) in [6.45, 7) is 3.59. The van der Waals surface area contributed by atoms with Gasteiger partial charge in [0.15, 0.2) is 0 Å². The highest BCUT2D eigenvalue weighted by molar-refractivity contribution is 7.89. The van der Waals surface area contributed by atoms with Gasteiger partial charge in [0.25, 0.3) is 10.0 Å². The molecule has 0 saturated heterocycles. The van der Waals surface area contributed by atoms with E-state index in [1.165, 1.54) is 12.1 Å². The fourth-order valence-corrected chi connectivity index (χ4v) is 9.33. The summed E-state index contributed by atoms with van der Waals surface area (Å²) in [6, 6.07) is 35.1. The predicted octanol–water partition coefficient (Wildman–Crippen LogP) is 6.43. The SMILES string of the molecule is CCOC(=O)N(CC[C@H]1C[C@@H]1[C@@H](NP(=O)(c1ccccc1)c1ccccc1)c1ccccc1)S(=O)(=O)c1ccc(C)cc1. The Kier molecular flexibility index (Phi) is 9.50. The van der Waals surface area contributed by atoms with Crippen LogP contribution in [0.4, 0.5) is 4.79 Å². The highest BCUT2D eigenvalue weighted by Crippen LogP contribution is 2.53. The van der Waals surface area contributed by atoms with Crippen LogP contribution in [0.1, 0.15) is 36.9 Å². The van der Waals surface area contributed by atoms with E-state index >= 15 is 0 Å². The minimum absolute atomic E-state index is 0.00719. The molecular weight excluding hydrogens is 579 g/mol. The summed E-state index contributed by atoms with van der Waals surface area (Å²) in [7, 11) is -7.35. The van der Waals surface area contributed by atoms with Crippen LogP contribution in [0.2, 0.25) is 0 Å². The summed E-state index contributed by atoms with van der Waals surface area (Å²) in [5, 5.41) is 5.03. The molecule has 7 nitrogen and oxygen atoms in total. The molecule has 1 fully saturated rings. The van der Waals surface area contributed by atoms with Crippen LogP contribution in [0.25, 0.3) is 0 Å². The molecule has 224 valence electrons. The van der Waals surface area contributed by atoms with Crippen molar-refractivity contribution in [3.63, 3.8) is 0 Å². The fraction of sp³-hybridized carbons (Fsp3) is 0.265. The van der Waals surface area contributed by atoms with Crippen LogP contribution in [0, 0.1) is 18.8 Å². The summed E-state index contributed by atoms with van der Waals surface area (Å²) in [6.07, 6.45) is 0.383. The molecule has 0 unspecified atom stereocenters. The predicted molar refractivity (Wildman–Crippen MR) is 170 cm³/mol. The van der Waals surface area contributed by atoms with E-state index in [1.54, 1.807) is 19.1 Å². The average molecular weight is 617 g/mol. The van der Waals surface area contributed by atoms with Crippen LogP contribution in [0.15, 0.2) is 120 Å². The van der Waals surface area contributed by atoms with Crippen LogP contribution in [-0.2, 0) is 19.3 Å². The van der Waals surface area contributed by atoms with Gasteiger partial charge in [0.05, 0.1) is 11.5 Å². The Morgan fingerprint density at radius 1 is 0.884 bits per heavy atom. The number of hydrogen-bond acceptors (Lipinski definition) is 5. The lowest BCUT2D eigenvalue weighted by atomic mass is 10.0. The number of hydrogen-bond donors (Lipinski definition) is 1. The second-order valence-corrected chi connectivity index (χ2v) is 15.2. The van der Waals surface area contributed by atoms with Crippen molar-refractivity contribution >= 4 is 34.0 Å². The molecule has 0 aliphatic heterocycles. The van der Waals surface area contributed by atoms with Gasteiger partial charge in [0.2, 0.25) is 7.29 Å². The first-order valence-electron chi connectivity index (χ1n) is 14.5. The number of carbonyl (C=O) groups is 1. The van der Waals surface area contributed by atoms with Gasteiger partial charge in [0, 0.05) is 23.2 Å². The van der Waals surface area contributed by atoms with Gasteiger partial charge >= 0.3 is 6.09 Å². The Labute approximate surface area is 254 Å². The van der Waals surface area contributed by atoms with Gasteiger partial charge in [-0.25, -0.2) is 17.5 Å². The van der Waals surface area contributed by atoms with E-state index in [0.29, 0.717) is 6.42 Å². The van der Waals surface area contributed by atoms with Crippen molar-refractivity contribution in [2.24, 2.45) is 11.8 Å². The van der Waals surface area contributed by atoms with Crippen molar-refractivity contribution in [2.75, 3.05) is 13.2 Å². The summed E-state index contributed by atoms with van der Waals surface area (Å²) < 4.78 is 47.9. The molecule has 4 aromatic carbocycles. The molecule has 3 atom stereocenters. The minimum Gasteiger partial charge on any atom is -0.449 e. The lowest BCUT2D eigenvalue weighted by Crippen LogP contribution is -2.38. The Bertz CT molecular complexity index is 1620. The number of amides is 1. The normalized spacial score (nSPS) is 17.2. The zero-order valence-corrected chi connectivity index (χ0v) is 26.1. The van der Waals surface area contributed by atoms with Crippen molar-refractivity contribution in [1.82, 2.24) is 9.39 Å². The van der Waals surface area contributed by atoms with Crippen molar-refractivity contribution in [1.29, 1.82) is 0 Å². The first-order chi connectivity index (χ1) is 20.7. The van der Waals surface area contributed by atoms with Gasteiger partial charge < -0.3 is 4.74 Å². The van der Waals surface area contributed by atoms with Crippen LogP contribution in [-0.4, -0.2) is 32.0 Å². The molecule has 0 aromatic heterocycles. The van der Waals surface area contributed by atoms with E-state index in [-0.39, 0.29) is 35.9 Å². The standard InChI is InChI=1S/C34H37N2O5PS/c1-3-41-34(37)36(43(39,40)31-21-19-26(2)20-22-31)24-23-28-25-32(28)33(27-13-7-4-8-14-27)35-42(38,29-15-9-5-10-16-29)30-17-11-6-12-18-30/h4-22,28,32-33H,3,23-25H2,1-2H3,(H,35,38)/t28-,32-,33-/m0/s1. The fourth-order valence-electron chi connectivity index (χ4n) is 5.48. The first kappa shape index (κ1) is 30.7. The Morgan fingerprint density at radius 3 is 1.95 bits per heavy atom. The second kappa shape index (κ2) is 13.3. The van der Waals surface area contributed by atoms with Crippen LogP contribution in [0.5, 0.6) is 0 Å². The Morgan fingerprint density at radius 2 is 1.42 bits per heavy atom. The quantitative estimate of drug-likeness (QED) is 0.185. The molecule has 1 aliphatic rings. The van der Waals surface area contributed by atoms with Crippen molar-refractivity contribution in [3.05, 3.63) is 126 Å². The highest BCUT2D eigenvalue weighted by Gasteiger charge is 2.46. The monoisotopic (exact) mass is 616 g/mol. The molecule has 1 amide bonds. The smallest absolute Gasteiger partial charge is 0.423 e. The van der Waals surface area contributed by atoms with E-state index < -0.39 is 23.4 Å². The van der Waals surface area contributed by atoms with Crippen molar-refractivity contribution in [2.45, 2.75) is 37.6 Å². The maximum atomic E-state index is 14.9. The van der Waals surface area contributed by atoms with Crippen LogP contribution < -0.4 is 15.7 Å². The van der Waals surface area contributed by atoms with Gasteiger partial charge in [-0.15, -0.1) is 0 Å². The largest absolute Gasteiger partial charge is 0.449 e. The summed E-state index contributed by atoms with van der Waals surface area (Å²) in [5.41, 5.74) is 1.93. The van der Waals surface area contributed by atoms with E-state index in [1.807, 2.05) is 97.9 Å². The Balaban J connectivity index is 1.41. The number of carbonyl (C=O) groups excluding carboxylic acids is 1. The molecule has 4 aromatic rings. The second-order valence-electron chi connectivity index (χ2n) is 10.8. The first-order valence-corrected chi connectivity index (χ1v) is 17.7. The summed E-state index contributed by atoms with van der Waals surface area (Å²) in [5.74, 6) is 0.206. The number of nitrogens with zero attached hydrogens (tertiary/aromatic N) is 1. The molecule has 0 spiro atoms. The number of ether oxygens (including phenoxy) is 1. The van der Waals surface area contributed by atoms with Gasteiger partial charge in [-0.2, -0.15) is 0 Å². The maximum Gasteiger partial charge on any atom is 0.423 e. The molecule has 0 radical (unpaired) electrons. The average Bonchev–Trinajstić information content (AvgIpc) is 3.80. The summed E-state index contributed by atoms with van der Waals surface area (Å²) >= 11 is 0. The van der Waals surface area contributed by atoms with E-state index in [9.17, 15) is 17.8 Å². The van der Waals surface area contributed by atoms with Crippen LogP contribution >= 0.6 is 7.29 Å². The van der Waals surface area contributed by atoms with Crippen LogP contribution in [0.3, 0.4) is 0 Å². The molecular formula is C34H37N2O5PS. The zero-order chi connectivity index (χ0) is 30.5. The third kappa shape index (κ3) is 6.93. The zero-order valence-electron chi connectivity index (χ0n) is 24.4. The third-order valence-corrected chi connectivity index (χ3v) is 12.4. The molecule has 9 heteroatoms. The highest BCUT2D eigenvalue weighted by atomic mass is 32.2. The molecule has 5 rings (SSSR count). The third-order valence-electron chi connectivity index (χ3n) is 7.91. The van der Waals surface area contributed by atoms with Gasteiger partial charge in [-0.1, -0.05) is 84.4 Å². The van der Waals surface area contributed by atoms with Gasteiger partial charge in [0.1, 0.15) is 0 Å². The number of sulfonamides is 1. The van der Waals surface area contributed by atoms with E-state index in [2.05, 4.69) is 5.09 Å². The number of aryl methyl sites for hydroxylation is 1. The molecule has 1 N–H and O–H groups in total. The molecule has 0 bridgehead atoms. The number of nitrogens with one attached hydrogen (secondary N) is 1. The molecule has 43 heavy (non-hydrogen) atoms. The maximum absolute atomic E-state index is 14.9. The van der Waals surface area contributed by atoms with E-state index in [0.717, 1.165) is 32.5 Å². The molecule has 0 heterocycles. The number of benzene rings is 4. The Hall–Kier alpha value is -3.71. The van der Waals surface area contributed by atoms with Crippen molar-refractivity contribution < 1.29 is 22.5 Å². The molecule has 1 aliphatic carbocycles. The van der Waals surface area contributed by atoms with Crippen molar-refractivity contribution in [3.8, 4) is 0 Å². The van der Waals surface area contributed by atoms with Gasteiger partial charge in [-0.3, -0.25) is 9.65 Å².